The highest BCUT2D eigenvalue weighted by molar-refractivity contribution is 5.96. The van der Waals surface area contributed by atoms with Crippen LogP contribution in [-0.2, 0) is 9.53 Å². The van der Waals surface area contributed by atoms with Crippen molar-refractivity contribution < 1.29 is 14.3 Å². The van der Waals surface area contributed by atoms with Crippen molar-refractivity contribution in [3.8, 4) is 0 Å². The number of aryl methyl sites for hydroxylation is 1. The lowest BCUT2D eigenvalue weighted by molar-refractivity contribution is -0.116. The third-order valence-corrected chi connectivity index (χ3v) is 3.85. The summed E-state index contributed by atoms with van der Waals surface area (Å²) in [5.41, 5.74) is 2.25. The van der Waals surface area contributed by atoms with Gasteiger partial charge in [0.25, 0.3) is 5.91 Å². The topological polar surface area (TPSA) is 67.4 Å². The number of carbonyl (C=O) groups excluding carboxylic acids is 2. The molecule has 0 aliphatic carbocycles. The van der Waals surface area contributed by atoms with Gasteiger partial charge >= 0.3 is 0 Å². The van der Waals surface area contributed by atoms with E-state index in [9.17, 15) is 9.59 Å². The summed E-state index contributed by atoms with van der Waals surface area (Å²) < 4.78 is 5.37. The Hall–Kier alpha value is -1.88. The second-order valence-electron chi connectivity index (χ2n) is 6.56. The second-order valence-corrected chi connectivity index (χ2v) is 6.56. The third kappa shape index (κ3) is 5.36. The van der Waals surface area contributed by atoms with E-state index in [-0.39, 0.29) is 17.9 Å². The van der Waals surface area contributed by atoms with Gasteiger partial charge in [-0.2, -0.15) is 0 Å². The summed E-state index contributed by atoms with van der Waals surface area (Å²) in [6, 6.07) is 5.43. The Morgan fingerprint density at radius 2 is 2.13 bits per heavy atom. The molecule has 1 aliphatic heterocycles. The first-order valence-electron chi connectivity index (χ1n) is 8.25. The quantitative estimate of drug-likeness (QED) is 0.877. The van der Waals surface area contributed by atoms with Crippen molar-refractivity contribution in [2.24, 2.45) is 5.92 Å². The number of rotatable bonds is 5. The number of ether oxygens (including phenoxy) is 1. The fraction of sp³-hybridized carbons (Fsp3) is 0.556. The number of hydrogen-bond donors (Lipinski definition) is 2. The Bertz CT molecular complexity index is 563. The van der Waals surface area contributed by atoms with Crippen molar-refractivity contribution in [1.29, 1.82) is 0 Å². The van der Waals surface area contributed by atoms with Gasteiger partial charge in [-0.15, -0.1) is 0 Å². The van der Waals surface area contributed by atoms with Crippen LogP contribution in [0, 0.1) is 12.8 Å². The van der Waals surface area contributed by atoms with Gasteiger partial charge in [0.1, 0.15) is 0 Å². The van der Waals surface area contributed by atoms with Gasteiger partial charge in [0.15, 0.2) is 0 Å². The monoisotopic (exact) mass is 318 g/mol. The Labute approximate surface area is 137 Å². The van der Waals surface area contributed by atoms with Crippen LogP contribution in [0.5, 0.6) is 0 Å². The highest BCUT2D eigenvalue weighted by atomic mass is 16.5. The van der Waals surface area contributed by atoms with Crippen LogP contribution < -0.4 is 10.6 Å². The Morgan fingerprint density at radius 3 is 2.74 bits per heavy atom. The number of anilines is 1. The maximum absolute atomic E-state index is 12.3. The lowest BCUT2D eigenvalue weighted by Crippen LogP contribution is -2.40. The Kier molecular flexibility index (Phi) is 6.16. The summed E-state index contributed by atoms with van der Waals surface area (Å²) in [4.78, 5) is 24.1. The van der Waals surface area contributed by atoms with Crippen molar-refractivity contribution >= 4 is 17.5 Å². The maximum atomic E-state index is 12.3. The molecule has 1 aromatic carbocycles. The molecule has 0 radical (unpaired) electrons. The smallest absolute Gasteiger partial charge is 0.251 e. The van der Waals surface area contributed by atoms with Crippen LogP contribution in [0.3, 0.4) is 0 Å². The molecule has 126 valence electrons. The summed E-state index contributed by atoms with van der Waals surface area (Å²) in [5, 5.41) is 5.90. The van der Waals surface area contributed by atoms with E-state index in [1.54, 1.807) is 12.1 Å². The summed E-state index contributed by atoms with van der Waals surface area (Å²) in [7, 11) is 0. The molecule has 1 aromatic rings. The standard InChI is InChI=1S/C18H26N2O3/c1-12(2)9-17(21)20-16-7-6-14(10-13(16)3)18(22)19-15-5-4-8-23-11-15/h6-7,10,12,15H,4-5,8-9,11H2,1-3H3,(H,19,22)(H,20,21). The van der Waals surface area contributed by atoms with Crippen LogP contribution >= 0.6 is 0 Å². The minimum Gasteiger partial charge on any atom is -0.379 e. The molecule has 23 heavy (non-hydrogen) atoms. The molecule has 1 heterocycles. The summed E-state index contributed by atoms with van der Waals surface area (Å²) in [5.74, 6) is 0.224. The zero-order chi connectivity index (χ0) is 16.8. The van der Waals surface area contributed by atoms with Gasteiger partial charge < -0.3 is 15.4 Å². The van der Waals surface area contributed by atoms with Gasteiger partial charge in [-0.05, 0) is 49.4 Å². The number of amides is 2. The Morgan fingerprint density at radius 1 is 1.35 bits per heavy atom. The molecular weight excluding hydrogens is 292 g/mol. The molecule has 1 saturated heterocycles. The maximum Gasteiger partial charge on any atom is 0.251 e. The highest BCUT2D eigenvalue weighted by Gasteiger charge is 2.17. The van der Waals surface area contributed by atoms with E-state index in [4.69, 9.17) is 4.74 Å². The van der Waals surface area contributed by atoms with E-state index in [0.29, 0.717) is 24.5 Å². The van der Waals surface area contributed by atoms with E-state index in [1.165, 1.54) is 0 Å². The fourth-order valence-corrected chi connectivity index (χ4v) is 2.64. The summed E-state index contributed by atoms with van der Waals surface area (Å²) in [6.07, 6.45) is 2.42. The summed E-state index contributed by atoms with van der Waals surface area (Å²) >= 11 is 0. The average molecular weight is 318 g/mol. The number of benzene rings is 1. The van der Waals surface area contributed by atoms with Gasteiger partial charge in [-0.3, -0.25) is 9.59 Å². The van der Waals surface area contributed by atoms with Gasteiger partial charge in [0, 0.05) is 24.3 Å². The molecular formula is C18H26N2O3. The predicted molar refractivity (Wildman–Crippen MR) is 90.6 cm³/mol. The van der Waals surface area contributed by atoms with Crippen molar-refractivity contribution in [1.82, 2.24) is 5.32 Å². The van der Waals surface area contributed by atoms with Crippen LogP contribution in [0.2, 0.25) is 0 Å². The molecule has 0 saturated carbocycles. The van der Waals surface area contributed by atoms with Crippen molar-refractivity contribution in [2.45, 2.75) is 46.1 Å². The van der Waals surface area contributed by atoms with Crippen LogP contribution in [0.4, 0.5) is 5.69 Å². The lowest BCUT2D eigenvalue weighted by Gasteiger charge is -2.23. The van der Waals surface area contributed by atoms with Crippen molar-refractivity contribution in [3.05, 3.63) is 29.3 Å². The first kappa shape index (κ1) is 17.5. The largest absolute Gasteiger partial charge is 0.379 e. The molecule has 1 atom stereocenters. The SMILES string of the molecule is Cc1cc(C(=O)NC2CCCOC2)ccc1NC(=O)CC(C)C. The molecule has 2 rings (SSSR count). The van der Waals surface area contributed by atoms with Gasteiger partial charge in [0.2, 0.25) is 5.91 Å². The minimum absolute atomic E-state index is 0.000319. The molecule has 2 N–H and O–H groups in total. The third-order valence-electron chi connectivity index (χ3n) is 3.85. The summed E-state index contributed by atoms with van der Waals surface area (Å²) in [6.45, 7) is 7.26. The minimum atomic E-state index is -0.0938. The molecule has 0 bridgehead atoms. The molecule has 1 fully saturated rings. The molecule has 1 unspecified atom stereocenters. The predicted octanol–water partition coefficient (Wildman–Crippen LogP) is 2.89. The van der Waals surface area contributed by atoms with Crippen LogP contribution in [-0.4, -0.2) is 31.1 Å². The molecule has 0 aromatic heterocycles. The second kappa shape index (κ2) is 8.11. The first-order valence-corrected chi connectivity index (χ1v) is 8.25. The van der Waals surface area contributed by atoms with Crippen molar-refractivity contribution in [2.75, 3.05) is 18.5 Å². The van der Waals surface area contributed by atoms with E-state index in [1.807, 2.05) is 26.8 Å². The number of hydrogen-bond acceptors (Lipinski definition) is 3. The van der Waals surface area contributed by atoms with E-state index in [0.717, 1.165) is 30.7 Å². The van der Waals surface area contributed by atoms with Crippen LogP contribution in [0.1, 0.15) is 49.0 Å². The number of carbonyl (C=O) groups is 2. The first-order chi connectivity index (χ1) is 11.0. The number of nitrogens with one attached hydrogen (secondary N) is 2. The lowest BCUT2D eigenvalue weighted by atomic mass is 10.1. The van der Waals surface area contributed by atoms with Gasteiger partial charge in [-0.25, -0.2) is 0 Å². The average Bonchev–Trinajstić information content (AvgIpc) is 2.49. The normalized spacial score (nSPS) is 17.8. The Balaban J connectivity index is 1.97. The van der Waals surface area contributed by atoms with E-state index >= 15 is 0 Å². The van der Waals surface area contributed by atoms with E-state index in [2.05, 4.69) is 10.6 Å². The molecule has 2 amide bonds. The van der Waals surface area contributed by atoms with Crippen molar-refractivity contribution in [3.63, 3.8) is 0 Å². The van der Waals surface area contributed by atoms with Crippen LogP contribution in [0.25, 0.3) is 0 Å². The van der Waals surface area contributed by atoms with E-state index < -0.39 is 0 Å². The molecule has 0 spiro atoms. The molecule has 5 heteroatoms. The zero-order valence-corrected chi connectivity index (χ0v) is 14.1. The van der Waals surface area contributed by atoms with Gasteiger partial charge in [-0.1, -0.05) is 13.8 Å². The zero-order valence-electron chi connectivity index (χ0n) is 14.1. The van der Waals surface area contributed by atoms with Gasteiger partial charge in [0.05, 0.1) is 12.6 Å². The highest BCUT2D eigenvalue weighted by Crippen LogP contribution is 2.18. The molecule has 1 aliphatic rings. The fourth-order valence-electron chi connectivity index (χ4n) is 2.64. The molecule has 5 nitrogen and oxygen atoms in total. The van der Waals surface area contributed by atoms with Crippen LogP contribution in [0.15, 0.2) is 18.2 Å².